The van der Waals surface area contributed by atoms with Gasteiger partial charge in [0.05, 0.1) is 18.4 Å². The molecule has 0 spiro atoms. The molecule has 0 unspecified atom stereocenters. The number of rotatable bonds is 4. The van der Waals surface area contributed by atoms with Crippen LogP contribution in [-0.2, 0) is 4.79 Å². The molecule has 1 heterocycles. The zero-order chi connectivity index (χ0) is 20.4. The van der Waals surface area contributed by atoms with Crippen molar-refractivity contribution in [3.8, 4) is 5.75 Å². The van der Waals surface area contributed by atoms with Crippen molar-refractivity contribution in [2.75, 3.05) is 12.0 Å². The summed E-state index contributed by atoms with van der Waals surface area (Å²) in [6.45, 7) is 0. The molecule has 0 N–H and O–H groups in total. The first-order chi connectivity index (χ1) is 14.1. The quantitative estimate of drug-likeness (QED) is 0.495. The second-order valence-electron chi connectivity index (χ2n) is 6.31. The van der Waals surface area contributed by atoms with Gasteiger partial charge in [0.1, 0.15) is 11.4 Å². The Morgan fingerprint density at radius 3 is 2.41 bits per heavy atom. The van der Waals surface area contributed by atoms with E-state index >= 15 is 0 Å². The van der Waals surface area contributed by atoms with Gasteiger partial charge in [-0.25, -0.2) is 4.99 Å². The van der Waals surface area contributed by atoms with Crippen LogP contribution in [0.25, 0.3) is 6.08 Å². The molecule has 0 radical (unpaired) electrons. The van der Waals surface area contributed by atoms with Crippen molar-refractivity contribution in [1.82, 2.24) is 0 Å². The molecule has 1 aliphatic heterocycles. The number of ether oxygens (including phenoxy) is 1. The number of carbonyl (C=O) groups excluding carboxylic acids is 1. The van der Waals surface area contributed by atoms with Crippen molar-refractivity contribution in [2.45, 2.75) is 0 Å². The van der Waals surface area contributed by atoms with E-state index in [9.17, 15) is 4.79 Å². The van der Waals surface area contributed by atoms with Crippen molar-refractivity contribution in [3.05, 3.63) is 99.7 Å². The van der Waals surface area contributed by atoms with Crippen LogP contribution in [0.5, 0.6) is 5.75 Å². The summed E-state index contributed by atoms with van der Waals surface area (Å²) in [4.78, 5) is 19.5. The number of amides is 1. The van der Waals surface area contributed by atoms with Gasteiger partial charge < -0.3 is 4.74 Å². The van der Waals surface area contributed by atoms with Crippen molar-refractivity contribution >= 4 is 46.7 Å². The van der Waals surface area contributed by atoms with Gasteiger partial charge in [-0.3, -0.25) is 9.69 Å². The number of anilines is 1. The molecule has 1 amide bonds. The monoisotopic (exact) mass is 422 g/mol. The van der Waals surface area contributed by atoms with Crippen molar-refractivity contribution in [2.24, 2.45) is 4.99 Å². The van der Waals surface area contributed by atoms with Crippen molar-refractivity contribution in [1.29, 1.82) is 0 Å². The average molecular weight is 423 g/mol. The van der Waals surface area contributed by atoms with Gasteiger partial charge in [0, 0.05) is 10.0 Å². The first-order valence-corrected chi connectivity index (χ1v) is 9.62. The number of para-hydroxylation sites is 2. The minimum atomic E-state index is -0.247. The molecule has 0 saturated carbocycles. The van der Waals surface area contributed by atoms with Crippen LogP contribution < -0.4 is 9.64 Å². The first-order valence-electron chi connectivity index (χ1n) is 8.87. The molecule has 0 saturated heterocycles. The lowest BCUT2D eigenvalue weighted by Crippen LogP contribution is -2.32. The summed E-state index contributed by atoms with van der Waals surface area (Å²) >= 11 is 12.3. The summed E-state index contributed by atoms with van der Waals surface area (Å²) in [6.07, 6.45) is 1.67. The van der Waals surface area contributed by atoms with E-state index in [4.69, 9.17) is 27.9 Å². The second-order valence-corrected chi connectivity index (χ2v) is 7.15. The minimum Gasteiger partial charge on any atom is -0.496 e. The van der Waals surface area contributed by atoms with Gasteiger partial charge >= 0.3 is 0 Å². The maximum Gasteiger partial charge on any atom is 0.282 e. The van der Waals surface area contributed by atoms with E-state index in [1.165, 1.54) is 0 Å². The van der Waals surface area contributed by atoms with Crippen LogP contribution in [0.15, 0.2) is 83.5 Å². The lowest BCUT2D eigenvalue weighted by molar-refractivity contribution is -0.113. The highest BCUT2D eigenvalue weighted by Crippen LogP contribution is 2.32. The standard InChI is InChI=1S/C23H16Cl2N2O2/c1-29-21-10-6-5-9-18(21)22-26-20(13-15-11-12-16(24)14-19(15)25)23(28)27(22)17-7-3-2-4-8-17/h2-14H,1H3/b20-13+. The predicted octanol–water partition coefficient (Wildman–Crippen LogP) is 5.84. The largest absolute Gasteiger partial charge is 0.496 e. The van der Waals surface area contributed by atoms with E-state index in [2.05, 4.69) is 4.99 Å². The normalized spacial score (nSPS) is 15.0. The van der Waals surface area contributed by atoms with Gasteiger partial charge in [-0.1, -0.05) is 59.6 Å². The lowest BCUT2D eigenvalue weighted by Gasteiger charge is -2.19. The highest BCUT2D eigenvalue weighted by molar-refractivity contribution is 6.36. The fourth-order valence-electron chi connectivity index (χ4n) is 3.11. The Morgan fingerprint density at radius 1 is 0.966 bits per heavy atom. The Hall–Kier alpha value is -3.08. The number of nitrogens with zero attached hydrogens (tertiary/aromatic N) is 2. The summed E-state index contributed by atoms with van der Waals surface area (Å²) in [7, 11) is 1.59. The molecule has 0 bridgehead atoms. The molecule has 0 fully saturated rings. The fraction of sp³-hybridized carbons (Fsp3) is 0.0435. The van der Waals surface area contributed by atoms with Crippen LogP contribution in [0.3, 0.4) is 0 Å². The van der Waals surface area contributed by atoms with Crippen LogP contribution >= 0.6 is 23.2 Å². The third-order valence-corrected chi connectivity index (χ3v) is 5.04. The van der Waals surface area contributed by atoms with Crippen LogP contribution in [0.1, 0.15) is 11.1 Å². The number of methoxy groups -OCH3 is 1. The van der Waals surface area contributed by atoms with Crippen LogP contribution in [0, 0.1) is 0 Å². The van der Waals surface area contributed by atoms with Gasteiger partial charge in [0.15, 0.2) is 5.84 Å². The van der Waals surface area contributed by atoms with Gasteiger partial charge in [-0.15, -0.1) is 0 Å². The first kappa shape index (κ1) is 19.2. The number of benzene rings is 3. The Bertz CT molecular complexity index is 1140. The molecule has 6 heteroatoms. The number of hydrogen-bond donors (Lipinski definition) is 0. The molecule has 4 rings (SSSR count). The highest BCUT2D eigenvalue weighted by atomic mass is 35.5. The van der Waals surface area contributed by atoms with E-state index in [0.29, 0.717) is 32.9 Å². The summed E-state index contributed by atoms with van der Waals surface area (Å²) in [5.41, 5.74) is 2.38. The van der Waals surface area contributed by atoms with Crippen molar-refractivity contribution in [3.63, 3.8) is 0 Å². The van der Waals surface area contributed by atoms with Gasteiger partial charge in [-0.05, 0) is 48.0 Å². The van der Waals surface area contributed by atoms with Gasteiger partial charge in [0.2, 0.25) is 0 Å². The lowest BCUT2D eigenvalue weighted by atomic mass is 10.1. The van der Waals surface area contributed by atoms with Crippen LogP contribution in [0.2, 0.25) is 10.0 Å². The number of amidine groups is 1. The molecule has 1 aliphatic rings. The molecule has 3 aromatic rings. The van der Waals surface area contributed by atoms with Crippen LogP contribution in [0.4, 0.5) is 5.69 Å². The number of carbonyl (C=O) groups is 1. The zero-order valence-electron chi connectivity index (χ0n) is 15.5. The average Bonchev–Trinajstić information content (AvgIpc) is 3.06. The molecule has 144 valence electrons. The SMILES string of the molecule is COc1ccccc1C1=N/C(=C/c2ccc(Cl)cc2Cl)C(=O)N1c1ccccc1. The topological polar surface area (TPSA) is 41.9 Å². The highest BCUT2D eigenvalue weighted by Gasteiger charge is 2.33. The Morgan fingerprint density at radius 2 is 1.69 bits per heavy atom. The van der Waals surface area contributed by atoms with Crippen LogP contribution in [-0.4, -0.2) is 18.9 Å². The number of hydrogen-bond acceptors (Lipinski definition) is 3. The Kier molecular flexibility index (Phi) is 5.38. The molecule has 4 nitrogen and oxygen atoms in total. The number of halogens is 2. The fourth-order valence-corrected chi connectivity index (χ4v) is 3.57. The smallest absolute Gasteiger partial charge is 0.282 e. The maximum atomic E-state index is 13.3. The predicted molar refractivity (Wildman–Crippen MR) is 118 cm³/mol. The number of aliphatic imine (C=N–C) groups is 1. The van der Waals surface area contributed by atoms with E-state index < -0.39 is 0 Å². The maximum absolute atomic E-state index is 13.3. The van der Waals surface area contributed by atoms with E-state index in [1.807, 2.05) is 54.6 Å². The van der Waals surface area contributed by atoms with E-state index in [0.717, 1.165) is 5.56 Å². The molecule has 0 atom stereocenters. The third-order valence-electron chi connectivity index (χ3n) is 4.48. The molecular weight excluding hydrogens is 407 g/mol. The van der Waals surface area contributed by atoms with Crippen molar-refractivity contribution < 1.29 is 9.53 Å². The summed E-state index contributed by atoms with van der Waals surface area (Å²) in [6, 6.07) is 21.9. The molecule has 29 heavy (non-hydrogen) atoms. The third kappa shape index (κ3) is 3.77. The van der Waals surface area contributed by atoms with Gasteiger partial charge in [0.25, 0.3) is 5.91 Å². The summed E-state index contributed by atoms with van der Waals surface area (Å²) < 4.78 is 5.49. The summed E-state index contributed by atoms with van der Waals surface area (Å²) in [5, 5.41) is 0.976. The minimum absolute atomic E-state index is 0.247. The Balaban J connectivity index is 1.87. The molecule has 3 aromatic carbocycles. The molecule has 0 aliphatic carbocycles. The second kappa shape index (κ2) is 8.11. The summed E-state index contributed by atoms with van der Waals surface area (Å²) in [5.74, 6) is 0.879. The van der Waals surface area contributed by atoms with E-state index in [-0.39, 0.29) is 11.6 Å². The Labute approximate surface area is 178 Å². The molecule has 0 aromatic heterocycles. The zero-order valence-corrected chi connectivity index (χ0v) is 17.0. The van der Waals surface area contributed by atoms with E-state index in [1.54, 1.807) is 36.3 Å². The van der Waals surface area contributed by atoms with Gasteiger partial charge in [-0.2, -0.15) is 0 Å². The molecular formula is C23H16Cl2N2O2.